The molecule has 5 aromatic rings. The summed E-state index contributed by atoms with van der Waals surface area (Å²) in [5.41, 5.74) is 4.20. The highest BCUT2D eigenvalue weighted by Crippen LogP contribution is 2.20. The van der Waals surface area contributed by atoms with Crippen LogP contribution >= 0.6 is 0 Å². The normalized spacial score (nSPS) is 11.0. The maximum absolute atomic E-state index is 12.4. The lowest BCUT2D eigenvalue weighted by atomic mass is 10.1. The molecule has 0 N–H and O–H groups in total. The number of esters is 1. The number of aromatic nitrogens is 4. The molecule has 0 aliphatic rings. The van der Waals surface area contributed by atoms with Crippen molar-refractivity contribution in [1.29, 1.82) is 0 Å². The molecule has 0 atom stereocenters. The zero-order valence-corrected chi connectivity index (χ0v) is 16.5. The van der Waals surface area contributed by atoms with Crippen LogP contribution in [-0.4, -0.2) is 25.9 Å². The first-order valence-corrected chi connectivity index (χ1v) is 9.81. The summed E-state index contributed by atoms with van der Waals surface area (Å²) in [5, 5.41) is 8.35. The Morgan fingerprint density at radius 2 is 1.71 bits per heavy atom. The van der Waals surface area contributed by atoms with Crippen molar-refractivity contribution in [2.24, 2.45) is 0 Å². The molecule has 0 bridgehead atoms. The van der Waals surface area contributed by atoms with Gasteiger partial charge in [0, 0.05) is 5.56 Å². The van der Waals surface area contributed by atoms with Gasteiger partial charge in [-0.25, -0.2) is 14.5 Å². The van der Waals surface area contributed by atoms with Crippen LogP contribution in [0.4, 0.5) is 0 Å². The first-order chi connectivity index (χ1) is 15.3. The van der Waals surface area contributed by atoms with Crippen molar-refractivity contribution in [3.05, 3.63) is 102 Å². The molecule has 0 spiro atoms. The molecule has 152 valence electrons. The van der Waals surface area contributed by atoms with Crippen LogP contribution in [0.5, 0.6) is 0 Å². The molecule has 31 heavy (non-hydrogen) atoms. The lowest BCUT2D eigenvalue weighted by molar-refractivity contribution is 0.0439. The molecule has 3 aromatic carbocycles. The number of fused-ring (bicyclic) bond motifs is 1. The third-order valence-electron chi connectivity index (χ3n) is 4.88. The third kappa shape index (κ3) is 4.06. The molecule has 2 aromatic heterocycles. The Morgan fingerprint density at radius 1 is 0.935 bits per heavy atom. The molecule has 0 fully saturated rings. The summed E-state index contributed by atoms with van der Waals surface area (Å²) >= 11 is 0. The molecular weight excluding hydrogens is 392 g/mol. The van der Waals surface area contributed by atoms with E-state index in [2.05, 4.69) is 15.3 Å². The minimum atomic E-state index is -0.433. The van der Waals surface area contributed by atoms with Crippen LogP contribution in [0.3, 0.4) is 0 Å². The van der Waals surface area contributed by atoms with Gasteiger partial charge in [0.05, 0.1) is 23.8 Å². The van der Waals surface area contributed by atoms with Crippen LogP contribution in [0.2, 0.25) is 0 Å². The summed E-state index contributed by atoms with van der Waals surface area (Å²) in [6, 6.07) is 24.7. The van der Waals surface area contributed by atoms with Gasteiger partial charge in [-0.3, -0.25) is 0 Å². The first-order valence-electron chi connectivity index (χ1n) is 9.81. The Bertz CT molecular complexity index is 1320. The van der Waals surface area contributed by atoms with Gasteiger partial charge in [0.1, 0.15) is 5.52 Å². The first kappa shape index (κ1) is 18.7. The van der Waals surface area contributed by atoms with Gasteiger partial charge in [-0.05, 0) is 29.8 Å². The zero-order chi connectivity index (χ0) is 21.0. The van der Waals surface area contributed by atoms with Crippen molar-refractivity contribution >= 4 is 17.0 Å². The van der Waals surface area contributed by atoms with E-state index in [0.717, 1.165) is 22.2 Å². The standard InChI is InChI=1S/C24H18N4O3/c29-24(30-16-23-25-14-22(31-23)18-6-2-1-3-7-18)19-12-10-17(11-13-19)15-28-21-9-5-4-8-20(21)26-27-28/h1-14H,15-16H2. The van der Waals surface area contributed by atoms with Crippen LogP contribution in [0.15, 0.2) is 89.5 Å². The number of hydrogen-bond donors (Lipinski definition) is 0. The molecule has 0 aliphatic heterocycles. The maximum atomic E-state index is 12.4. The van der Waals surface area contributed by atoms with E-state index in [4.69, 9.17) is 9.15 Å². The quantitative estimate of drug-likeness (QED) is 0.384. The van der Waals surface area contributed by atoms with Crippen LogP contribution in [0, 0.1) is 0 Å². The number of benzene rings is 3. The van der Waals surface area contributed by atoms with Gasteiger partial charge in [0.2, 0.25) is 5.89 Å². The number of para-hydroxylation sites is 1. The minimum Gasteiger partial charge on any atom is -0.452 e. The van der Waals surface area contributed by atoms with Crippen molar-refractivity contribution in [3.8, 4) is 11.3 Å². The number of carbonyl (C=O) groups is 1. The monoisotopic (exact) mass is 410 g/mol. The summed E-state index contributed by atoms with van der Waals surface area (Å²) < 4.78 is 12.8. The van der Waals surface area contributed by atoms with Crippen molar-refractivity contribution in [2.45, 2.75) is 13.2 Å². The molecule has 7 nitrogen and oxygen atoms in total. The van der Waals surface area contributed by atoms with Gasteiger partial charge in [0.25, 0.3) is 0 Å². The number of nitrogens with zero attached hydrogens (tertiary/aromatic N) is 4. The predicted octanol–water partition coefficient (Wildman–Crippen LogP) is 4.49. The Labute approximate surface area is 177 Å². The van der Waals surface area contributed by atoms with E-state index in [-0.39, 0.29) is 6.61 Å². The number of carbonyl (C=O) groups excluding carboxylic acids is 1. The average Bonchev–Trinajstić information content (AvgIpc) is 3.46. The molecule has 0 saturated heterocycles. The van der Waals surface area contributed by atoms with Gasteiger partial charge in [-0.2, -0.15) is 0 Å². The lowest BCUT2D eigenvalue weighted by Gasteiger charge is -2.05. The van der Waals surface area contributed by atoms with Crippen molar-refractivity contribution in [3.63, 3.8) is 0 Å². The number of rotatable bonds is 6. The van der Waals surface area contributed by atoms with Gasteiger partial charge in [-0.1, -0.05) is 59.8 Å². The zero-order valence-electron chi connectivity index (χ0n) is 16.5. The second kappa shape index (κ2) is 8.23. The van der Waals surface area contributed by atoms with Gasteiger partial charge < -0.3 is 9.15 Å². The lowest BCUT2D eigenvalue weighted by Crippen LogP contribution is -2.06. The summed E-state index contributed by atoms with van der Waals surface area (Å²) in [4.78, 5) is 16.6. The molecule has 0 amide bonds. The Morgan fingerprint density at radius 3 is 2.55 bits per heavy atom. The van der Waals surface area contributed by atoms with Crippen LogP contribution in [0.1, 0.15) is 21.8 Å². The maximum Gasteiger partial charge on any atom is 0.338 e. The van der Waals surface area contributed by atoms with E-state index >= 15 is 0 Å². The largest absolute Gasteiger partial charge is 0.452 e. The third-order valence-corrected chi connectivity index (χ3v) is 4.88. The van der Waals surface area contributed by atoms with E-state index in [9.17, 15) is 4.79 Å². The highest BCUT2D eigenvalue weighted by molar-refractivity contribution is 5.89. The van der Waals surface area contributed by atoms with E-state index < -0.39 is 5.97 Å². The fraction of sp³-hybridized carbons (Fsp3) is 0.0833. The van der Waals surface area contributed by atoms with Gasteiger partial charge in [-0.15, -0.1) is 5.10 Å². The van der Waals surface area contributed by atoms with Crippen molar-refractivity contribution < 1.29 is 13.9 Å². The number of hydrogen-bond acceptors (Lipinski definition) is 6. The van der Waals surface area contributed by atoms with Crippen LogP contribution in [-0.2, 0) is 17.9 Å². The van der Waals surface area contributed by atoms with Gasteiger partial charge in [0.15, 0.2) is 12.4 Å². The second-order valence-corrected chi connectivity index (χ2v) is 6.99. The van der Waals surface area contributed by atoms with Crippen molar-refractivity contribution in [1.82, 2.24) is 20.0 Å². The van der Waals surface area contributed by atoms with Crippen molar-refractivity contribution in [2.75, 3.05) is 0 Å². The Hall–Kier alpha value is -4.26. The van der Waals surface area contributed by atoms with Gasteiger partial charge >= 0.3 is 5.97 Å². The number of ether oxygens (including phenoxy) is 1. The summed E-state index contributed by atoms with van der Waals surface area (Å²) in [7, 11) is 0. The summed E-state index contributed by atoms with van der Waals surface area (Å²) in [6.45, 7) is 0.535. The van der Waals surface area contributed by atoms with Crippen LogP contribution < -0.4 is 0 Å². The molecule has 0 unspecified atom stereocenters. The number of oxazole rings is 1. The molecule has 0 radical (unpaired) electrons. The predicted molar refractivity (Wildman–Crippen MR) is 114 cm³/mol. The molecule has 0 aliphatic carbocycles. The minimum absolute atomic E-state index is 0.0294. The molecular formula is C24H18N4O3. The summed E-state index contributed by atoms with van der Waals surface area (Å²) in [5.74, 6) is 0.552. The molecule has 5 rings (SSSR count). The molecule has 7 heteroatoms. The highest BCUT2D eigenvalue weighted by Gasteiger charge is 2.12. The average molecular weight is 410 g/mol. The SMILES string of the molecule is O=C(OCc1ncc(-c2ccccc2)o1)c1ccc(Cn2nnc3ccccc32)cc1. The fourth-order valence-electron chi connectivity index (χ4n) is 3.28. The topological polar surface area (TPSA) is 83.0 Å². The summed E-state index contributed by atoms with van der Waals surface area (Å²) in [6.07, 6.45) is 1.63. The van der Waals surface area contributed by atoms with E-state index in [1.165, 1.54) is 0 Å². The Kier molecular flexibility index (Phi) is 4.98. The van der Waals surface area contributed by atoms with E-state index in [1.54, 1.807) is 18.3 Å². The van der Waals surface area contributed by atoms with E-state index in [0.29, 0.717) is 23.8 Å². The molecule has 0 saturated carbocycles. The highest BCUT2D eigenvalue weighted by atomic mass is 16.5. The van der Waals surface area contributed by atoms with Crippen LogP contribution in [0.25, 0.3) is 22.4 Å². The second-order valence-electron chi connectivity index (χ2n) is 6.99. The molecule has 2 heterocycles. The van der Waals surface area contributed by atoms with E-state index in [1.807, 2.05) is 71.4 Å². The Balaban J connectivity index is 1.21. The smallest absolute Gasteiger partial charge is 0.338 e. The fourth-order valence-corrected chi connectivity index (χ4v) is 3.28.